The number of aromatic nitrogens is 1. The number of hydrogen-bond acceptors (Lipinski definition) is 6. The number of hydrogen-bond donors (Lipinski definition) is 0. The van der Waals surface area contributed by atoms with Gasteiger partial charge in [-0.3, -0.25) is 4.79 Å². The van der Waals surface area contributed by atoms with Crippen LogP contribution in [0.15, 0.2) is 28.2 Å². The number of thioether (sulfide) groups is 1. The minimum absolute atomic E-state index is 0.00340. The SMILES string of the molecule is O=C(OCc1coc(-c2cccs2)n1)[C@H]1CCCS1. The molecule has 0 aliphatic carbocycles. The maximum atomic E-state index is 11.8. The smallest absolute Gasteiger partial charge is 0.319 e. The number of oxazole rings is 1. The molecule has 6 heteroatoms. The third kappa shape index (κ3) is 3.01. The van der Waals surface area contributed by atoms with Gasteiger partial charge >= 0.3 is 5.97 Å². The van der Waals surface area contributed by atoms with Gasteiger partial charge in [0, 0.05) is 0 Å². The van der Waals surface area contributed by atoms with Crippen LogP contribution in [0, 0.1) is 0 Å². The molecule has 2 aromatic rings. The molecular formula is C13H13NO3S2. The molecule has 0 N–H and O–H groups in total. The van der Waals surface area contributed by atoms with E-state index in [-0.39, 0.29) is 17.8 Å². The molecule has 0 aromatic carbocycles. The molecule has 100 valence electrons. The van der Waals surface area contributed by atoms with E-state index in [1.807, 2.05) is 17.5 Å². The fourth-order valence-corrected chi connectivity index (χ4v) is 3.70. The Bertz CT molecular complexity index is 544. The summed E-state index contributed by atoms with van der Waals surface area (Å²) in [7, 11) is 0. The fourth-order valence-electron chi connectivity index (χ4n) is 1.89. The number of ether oxygens (including phenoxy) is 1. The summed E-state index contributed by atoms with van der Waals surface area (Å²) in [5, 5.41) is 1.97. The Labute approximate surface area is 119 Å². The van der Waals surface area contributed by atoms with E-state index in [4.69, 9.17) is 9.15 Å². The van der Waals surface area contributed by atoms with E-state index in [1.54, 1.807) is 29.4 Å². The number of nitrogens with zero attached hydrogens (tertiary/aromatic N) is 1. The molecule has 1 aliphatic rings. The van der Waals surface area contributed by atoms with Crippen LogP contribution in [0.3, 0.4) is 0 Å². The highest BCUT2D eigenvalue weighted by Crippen LogP contribution is 2.27. The first-order chi connectivity index (χ1) is 9.33. The summed E-state index contributed by atoms with van der Waals surface area (Å²) in [4.78, 5) is 17.0. The molecule has 0 amide bonds. The molecule has 2 aromatic heterocycles. The number of thiophene rings is 1. The number of carbonyl (C=O) groups excluding carboxylic acids is 1. The van der Waals surface area contributed by atoms with Crippen LogP contribution in [0.5, 0.6) is 0 Å². The Balaban J connectivity index is 1.57. The second kappa shape index (κ2) is 5.79. The van der Waals surface area contributed by atoms with Crippen molar-refractivity contribution in [1.82, 2.24) is 4.98 Å². The van der Waals surface area contributed by atoms with Crippen molar-refractivity contribution < 1.29 is 13.9 Å². The van der Waals surface area contributed by atoms with Gasteiger partial charge in [-0.2, -0.15) is 0 Å². The van der Waals surface area contributed by atoms with Crippen LogP contribution < -0.4 is 0 Å². The first-order valence-electron chi connectivity index (χ1n) is 6.09. The number of rotatable bonds is 4. The van der Waals surface area contributed by atoms with Gasteiger partial charge in [-0.15, -0.1) is 23.1 Å². The quantitative estimate of drug-likeness (QED) is 0.810. The lowest BCUT2D eigenvalue weighted by atomic mass is 10.2. The van der Waals surface area contributed by atoms with E-state index in [0.717, 1.165) is 23.5 Å². The summed E-state index contributed by atoms with van der Waals surface area (Å²) < 4.78 is 10.6. The molecule has 0 saturated carbocycles. The Hall–Kier alpha value is -1.27. The standard InChI is InChI=1S/C13H13NO3S2/c15-13(11-4-2-6-19-11)17-8-9-7-16-12(14-9)10-3-1-5-18-10/h1,3,5,7,11H,2,4,6,8H2/t11-/m1/s1. The van der Waals surface area contributed by atoms with E-state index in [9.17, 15) is 4.79 Å². The Kier molecular flexibility index (Phi) is 3.89. The Morgan fingerprint density at radius 1 is 1.58 bits per heavy atom. The molecule has 0 unspecified atom stereocenters. The first-order valence-corrected chi connectivity index (χ1v) is 8.02. The van der Waals surface area contributed by atoms with Crippen LogP contribution in [-0.2, 0) is 16.1 Å². The highest BCUT2D eigenvalue weighted by Gasteiger charge is 2.25. The largest absolute Gasteiger partial charge is 0.458 e. The van der Waals surface area contributed by atoms with E-state index in [2.05, 4.69) is 4.98 Å². The van der Waals surface area contributed by atoms with E-state index in [1.165, 1.54) is 0 Å². The zero-order valence-electron chi connectivity index (χ0n) is 10.2. The molecule has 0 spiro atoms. The van der Waals surface area contributed by atoms with E-state index < -0.39 is 0 Å². The average Bonchev–Trinajstić information content (AvgIpc) is 3.14. The molecule has 1 fully saturated rings. The van der Waals surface area contributed by atoms with Gasteiger partial charge in [-0.25, -0.2) is 4.98 Å². The lowest BCUT2D eigenvalue weighted by molar-refractivity contribution is -0.144. The van der Waals surface area contributed by atoms with Gasteiger partial charge in [-0.05, 0) is 30.0 Å². The summed E-state index contributed by atoms with van der Waals surface area (Å²) in [5.41, 5.74) is 0.653. The molecule has 3 rings (SSSR count). The normalized spacial score (nSPS) is 18.6. The molecule has 1 saturated heterocycles. The fraction of sp³-hybridized carbons (Fsp3) is 0.385. The van der Waals surface area contributed by atoms with Crippen LogP contribution in [0.1, 0.15) is 18.5 Å². The second-order valence-corrected chi connectivity index (χ2v) is 6.49. The zero-order valence-corrected chi connectivity index (χ0v) is 11.8. The van der Waals surface area contributed by atoms with Crippen LogP contribution in [0.25, 0.3) is 10.8 Å². The highest BCUT2D eigenvalue weighted by atomic mass is 32.2. The third-order valence-corrected chi connectivity index (χ3v) is 5.05. The van der Waals surface area contributed by atoms with Crippen molar-refractivity contribution in [2.24, 2.45) is 0 Å². The molecular weight excluding hydrogens is 282 g/mol. The van der Waals surface area contributed by atoms with Gasteiger partial charge in [-0.1, -0.05) is 6.07 Å². The minimum Gasteiger partial charge on any atom is -0.458 e. The predicted octanol–water partition coefficient (Wildman–Crippen LogP) is 3.34. The summed E-state index contributed by atoms with van der Waals surface area (Å²) in [5.74, 6) is 1.49. The molecule has 3 heterocycles. The summed E-state index contributed by atoms with van der Waals surface area (Å²) in [6.45, 7) is 0.185. The van der Waals surface area contributed by atoms with Gasteiger partial charge in [0.1, 0.15) is 23.8 Å². The van der Waals surface area contributed by atoms with Crippen molar-refractivity contribution in [3.63, 3.8) is 0 Å². The summed E-state index contributed by atoms with van der Waals surface area (Å²) >= 11 is 3.24. The van der Waals surface area contributed by atoms with Crippen LogP contribution >= 0.6 is 23.1 Å². The van der Waals surface area contributed by atoms with Crippen LogP contribution in [0.4, 0.5) is 0 Å². The lowest BCUT2D eigenvalue weighted by Gasteiger charge is -2.07. The maximum absolute atomic E-state index is 11.8. The molecule has 1 atom stereocenters. The van der Waals surface area contributed by atoms with Gasteiger partial charge in [0.05, 0.1) is 4.88 Å². The Morgan fingerprint density at radius 3 is 3.26 bits per heavy atom. The first kappa shape index (κ1) is 12.7. The van der Waals surface area contributed by atoms with E-state index >= 15 is 0 Å². The van der Waals surface area contributed by atoms with Crippen molar-refractivity contribution >= 4 is 29.1 Å². The topological polar surface area (TPSA) is 52.3 Å². The highest BCUT2D eigenvalue weighted by molar-refractivity contribution is 8.00. The van der Waals surface area contributed by atoms with Gasteiger partial charge in [0.15, 0.2) is 0 Å². The molecule has 1 aliphatic heterocycles. The van der Waals surface area contributed by atoms with Gasteiger partial charge in [0.25, 0.3) is 0 Å². The summed E-state index contributed by atoms with van der Waals surface area (Å²) in [6, 6.07) is 3.89. The van der Waals surface area contributed by atoms with Crippen molar-refractivity contribution in [2.45, 2.75) is 24.7 Å². The molecule has 19 heavy (non-hydrogen) atoms. The number of carbonyl (C=O) groups is 1. The predicted molar refractivity (Wildman–Crippen MR) is 75.1 cm³/mol. The summed E-state index contributed by atoms with van der Waals surface area (Å²) in [6.07, 6.45) is 3.56. The molecule has 0 bridgehead atoms. The van der Waals surface area contributed by atoms with Crippen LogP contribution in [0.2, 0.25) is 0 Å². The monoisotopic (exact) mass is 295 g/mol. The lowest BCUT2D eigenvalue weighted by Crippen LogP contribution is -2.17. The molecule has 0 radical (unpaired) electrons. The average molecular weight is 295 g/mol. The van der Waals surface area contributed by atoms with Crippen LogP contribution in [-0.4, -0.2) is 22.0 Å². The van der Waals surface area contributed by atoms with E-state index in [0.29, 0.717) is 11.6 Å². The molecule has 4 nitrogen and oxygen atoms in total. The second-order valence-electron chi connectivity index (χ2n) is 4.23. The van der Waals surface area contributed by atoms with Crippen molar-refractivity contribution in [3.05, 3.63) is 29.5 Å². The minimum atomic E-state index is -0.136. The van der Waals surface area contributed by atoms with Crippen molar-refractivity contribution in [1.29, 1.82) is 0 Å². The Morgan fingerprint density at radius 2 is 2.53 bits per heavy atom. The van der Waals surface area contributed by atoms with Crippen molar-refractivity contribution in [2.75, 3.05) is 5.75 Å². The van der Waals surface area contributed by atoms with Crippen molar-refractivity contribution in [3.8, 4) is 10.8 Å². The number of esters is 1. The third-order valence-electron chi connectivity index (χ3n) is 2.84. The van der Waals surface area contributed by atoms with Gasteiger partial charge < -0.3 is 9.15 Å². The maximum Gasteiger partial charge on any atom is 0.319 e. The van der Waals surface area contributed by atoms with Gasteiger partial charge in [0.2, 0.25) is 5.89 Å². The zero-order chi connectivity index (χ0) is 13.1.